The summed E-state index contributed by atoms with van der Waals surface area (Å²) < 4.78 is 40.7. The average molecular weight is 512 g/mol. The van der Waals surface area contributed by atoms with Crippen LogP contribution in [0.2, 0.25) is 0 Å². The van der Waals surface area contributed by atoms with E-state index < -0.39 is 15.8 Å². The van der Waals surface area contributed by atoms with Gasteiger partial charge in [0.15, 0.2) is 5.82 Å². The maximum Gasteiger partial charge on any atom is 0.240 e. The number of hydrogen-bond acceptors (Lipinski definition) is 8. The number of nitrogens with one attached hydrogen (secondary N) is 3. The van der Waals surface area contributed by atoms with Crippen molar-refractivity contribution in [1.29, 1.82) is 0 Å². The molecule has 1 aromatic carbocycles. The molecule has 2 saturated carbocycles. The molecule has 36 heavy (non-hydrogen) atoms. The normalized spacial score (nSPS) is 20.1. The summed E-state index contributed by atoms with van der Waals surface area (Å²) in [6.45, 7) is 1.12. The summed E-state index contributed by atoms with van der Waals surface area (Å²) in [6, 6.07) is 11.0. The van der Waals surface area contributed by atoms with Crippen LogP contribution < -0.4 is 15.4 Å². The molecule has 3 aromatic rings. The lowest BCUT2D eigenvalue weighted by molar-refractivity contribution is 0.284. The van der Waals surface area contributed by atoms with Crippen molar-refractivity contribution in [3.63, 3.8) is 0 Å². The van der Waals surface area contributed by atoms with Crippen molar-refractivity contribution in [3.8, 4) is 11.5 Å². The summed E-state index contributed by atoms with van der Waals surface area (Å²) in [6.07, 6.45) is 7.81. The van der Waals surface area contributed by atoms with E-state index in [0.29, 0.717) is 41.9 Å². The summed E-state index contributed by atoms with van der Waals surface area (Å²) in [5.41, 5.74) is 0.699. The molecule has 3 N–H and O–H groups in total. The van der Waals surface area contributed by atoms with E-state index in [2.05, 4.69) is 35.3 Å². The van der Waals surface area contributed by atoms with Gasteiger partial charge in [-0.25, -0.2) is 17.5 Å². The first-order chi connectivity index (χ1) is 17.4. The Balaban J connectivity index is 1.13. The third-order valence-electron chi connectivity index (χ3n) is 6.64. The highest BCUT2D eigenvalue weighted by Crippen LogP contribution is 2.29. The zero-order valence-corrected chi connectivity index (χ0v) is 20.7. The molecule has 0 atom stereocenters. The summed E-state index contributed by atoms with van der Waals surface area (Å²) in [7, 11) is -3.63. The first kappa shape index (κ1) is 24.5. The standard InChI is InChI=1S/C25H30FN7O2S/c26-19-8-12-21(13-9-19)36(34,35)29-16-18-6-4-17(5-7-18)15-28-24-31-23(22-3-1-2-14-27-22)32-25(33-24)30-20-10-11-20/h1-3,8-9,12-14,17-18,20,29H,4-7,10-11,15-16H2,(H2,28,30,31,32,33). The van der Waals surface area contributed by atoms with Crippen molar-refractivity contribution in [3.05, 3.63) is 54.5 Å². The average Bonchev–Trinajstić information content (AvgIpc) is 3.71. The van der Waals surface area contributed by atoms with Gasteiger partial charge in [0.1, 0.15) is 11.5 Å². The molecule has 2 fully saturated rings. The molecule has 0 spiro atoms. The Bertz CT molecular complexity index is 1260. The van der Waals surface area contributed by atoms with Gasteiger partial charge in [-0.1, -0.05) is 6.07 Å². The second-order valence-electron chi connectivity index (χ2n) is 9.51. The van der Waals surface area contributed by atoms with E-state index in [1.165, 1.54) is 12.1 Å². The Labute approximate surface area is 210 Å². The van der Waals surface area contributed by atoms with Gasteiger partial charge in [-0.3, -0.25) is 4.98 Å². The fourth-order valence-electron chi connectivity index (χ4n) is 4.34. The zero-order valence-electron chi connectivity index (χ0n) is 19.9. The molecule has 2 aliphatic carbocycles. The van der Waals surface area contributed by atoms with Crippen LogP contribution in [-0.2, 0) is 10.0 Å². The van der Waals surface area contributed by atoms with Gasteiger partial charge in [0.2, 0.25) is 21.9 Å². The van der Waals surface area contributed by atoms with E-state index in [1.54, 1.807) is 6.20 Å². The van der Waals surface area contributed by atoms with Crippen LogP contribution in [0.4, 0.5) is 16.3 Å². The Morgan fingerprint density at radius 1 is 0.833 bits per heavy atom. The number of pyridine rings is 1. The molecule has 11 heteroatoms. The van der Waals surface area contributed by atoms with Crippen LogP contribution in [0.5, 0.6) is 0 Å². The molecule has 9 nitrogen and oxygen atoms in total. The van der Waals surface area contributed by atoms with Gasteiger partial charge in [-0.15, -0.1) is 0 Å². The van der Waals surface area contributed by atoms with Crippen molar-refractivity contribution in [2.24, 2.45) is 11.8 Å². The number of rotatable bonds is 10. The number of hydrogen-bond donors (Lipinski definition) is 3. The highest BCUT2D eigenvalue weighted by atomic mass is 32.2. The number of benzene rings is 1. The third kappa shape index (κ3) is 6.52. The number of nitrogens with zero attached hydrogens (tertiary/aromatic N) is 4. The molecule has 0 radical (unpaired) electrons. The van der Waals surface area contributed by atoms with Gasteiger partial charge < -0.3 is 10.6 Å². The molecule has 5 rings (SSSR count). The van der Waals surface area contributed by atoms with E-state index >= 15 is 0 Å². The van der Waals surface area contributed by atoms with Crippen molar-refractivity contribution >= 4 is 21.9 Å². The Morgan fingerprint density at radius 2 is 1.53 bits per heavy atom. The fraction of sp³-hybridized carbons (Fsp3) is 0.440. The first-order valence-corrected chi connectivity index (χ1v) is 13.9. The van der Waals surface area contributed by atoms with E-state index in [-0.39, 0.29) is 10.8 Å². The van der Waals surface area contributed by atoms with Gasteiger partial charge in [0, 0.05) is 25.3 Å². The molecule has 190 valence electrons. The Hall–Kier alpha value is -3.18. The van der Waals surface area contributed by atoms with Crippen LogP contribution in [-0.4, -0.2) is 47.5 Å². The maximum atomic E-state index is 13.1. The smallest absolute Gasteiger partial charge is 0.240 e. The van der Waals surface area contributed by atoms with E-state index in [1.807, 2.05) is 18.2 Å². The molecule has 0 aliphatic heterocycles. The van der Waals surface area contributed by atoms with Gasteiger partial charge in [0.25, 0.3) is 0 Å². The Morgan fingerprint density at radius 3 is 2.19 bits per heavy atom. The van der Waals surface area contributed by atoms with Crippen LogP contribution >= 0.6 is 0 Å². The van der Waals surface area contributed by atoms with Crippen molar-refractivity contribution in [2.75, 3.05) is 23.7 Å². The number of sulfonamides is 1. The van der Waals surface area contributed by atoms with Crippen molar-refractivity contribution in [1.82, 2.24) is 24.7 Å². The number of halogens is 1. The third-order valence-corrected chi connectivity index (χ3v) is 8.08. The van der Waals surface area contributed by atoms with Gasteiger partial charge in [-0.2, -0.15) is 15.0 Å². The van der Waals surface area contributed by atoms with Crippen molar-refractivity contribution < 1.29 is 12.8 Å². The van der Waals surface area contributed by atoms with E-state index in [0.717, 1.165) is 57.2 Å². The fourth-order valence-corrected chi connectivity index (χ4v) is 5.46. The molecule has 2 aromatic heterocycles. The monoisotopic (exact) mass is 511 g/mol. The Kier molecular flexibility index (Phi) is 7.38. The predicted octanol–water partition coefficient (Wildman–Crippen LogP) is 3.84. The highest BCUT2D eigenvalue weighted by Gasteiger charge is 2.25. The quantitative estimate of drug-likeness (QED) is 0.375. The van der Waals surface area contributed by atoms with Gasteiger partial charge in [0.05, 0.1) is 4.90 Å². The molecule has 0 saturated heterocycles. The summed E-state index contributed by atoms with van der Waals surface area (Å²) >= 11 is 0. The minimum atomic E-state index is -3.63. The van der Waals surface area contributed by atoms with Crippen LogP contribution in [0, 0.1) is 17.7 Å². The highest BCUT2D eigenvalue weighted by molar-refractivity contribution is 7.89. The minimum Gasteiger partial charge on any atom is -0.354 e. The SMILES string of the molecule is O=S(=O)(NCC1CCC(CNc2nc(NC3CC3)nc(-c3ccccn3)n2)CC1)c1ccc(F)cc1. The van der Waals surface area contributed by atoms with E-state index in [4.69, 9.17) is 0 Å². The lowest BCUT2D eigenvalue weighted by Gasteiger charge is -2.28. The van der Waals surface area contributed by atoms with Crippen LogP contribution in [0.15, 0.2) is 53.6 Å². The molecular weight excluding hydrogens is 481 g/mol. The number of anilines is 2. The second kappa shape index (κ2) is 10.8. The molecule has 2 aliphatic rings. The lowest BCUT2D eigenvalue weighted by Crippen LogP contribution is -2.32. The second-order valence-corrected chi connectivity index (χ2v) is 11.3. The molecular formula is C25H30FN7O2S. The van der Waals surface area contributed by atoms with Crippen molar-refractivity contribution in [2.45, 2.75) is 49.5 Å². The minimum absolute atomic E-state index is 0.0831. The maximum absolute atomic E-state index is 13.1. The van der Waals surface area contributed by atoms with Gasteiger partial charge >= 0.3 is 0 Å². The summed E-state index contributed by atoms with van der Waals surface area (Å²) in [5, 5.41) is 6.73. The molecule has 0 unspecified atom stereocenters. The molecule has 0 amide bonds. The predicted molar refractivity (Wildman–Crippen MR) is 135 cm³/mol. The molecule has 0 bridgehead atoms. The molecule has 2 heterocycles. The summed E-state index contributed by atoms with van der Waals surface area (Å²) in [4.78, 5) is 18.1. The topological polar surface area (TPSA) is 122 Å². The van der Waals surface area contributed by atoms with Crippen LogP contribution in [0.3, 0.4) is 0 Å². The number of aromatic nitrogens is 4. The largest absolute Gasteiger partial charge is 0.354 e. The van der Waals surface area contributed by atoms with Gasteiger partial charge in [-0.05, 0) is 86.8 Å². The van der Waals surface area contributed by atoms with E-state index in [9.17, 15) is 12.8 Å². The zero-order chi connectivity index (χ0) is 25.0. The lowest BCUT2D eigenvalue weighted by atomic mass is 9.82. The summed E-state index contributed by atoms with van der Waals surface area (Å²) in [5.74, 6) is 1.90. The first-order valence-electron chi connectivity index (χ1n) is 12.4. The van der Waals surface area contributed by atoms with Crippen LogP contribution in [0.1, 0.15) is 38.5 Å². The van der Waals surface area contributed by atoms with Crippen LogP contribution in [0.25, 0.3) is 11.5 Å².